The molecule has 2 rings (SSSR count). The molecule has 1 N–H and O–H groups in total. The van der Waals surface area contributed by atoms with E-state index in [2.05, 4.69) is 36.5 Å². The lowest BCUT2D eigenvalue weighted by atomic mass is 9.88. The Bertz CT molecular complexity index is 400. The summed E-state index contributed by atoms with van der Waals surface area (Å²) in [4.78, 5) is 12.2. The number of nitrogens with one attached hydrogen (secondary N) is 1. The van der Waals surface area contributed by atoms with Crippen molar-refractivity contribution in [3.8, 4) is 0 Å². The van der Waals surface area contributed by atoms with Crippen LogP contribution in [0.1, 0.15) is 37.8 Å². The van der Waals surface area contributed by atoms with Crippen molar-refractivity contribution < 1.29 is 4.79 Å². The lowest BCUT2D eigenvalue weighted by Crippen LogP contribution is -2.44. The van der Waals surface area contributed by atoms with Gasteiger partial charge in [0, 0.05) is 12.5 Å². The first-order valence-corrected chi connectivity index (χ1v) is 6.56. The third kappa shape index (κ3) is 2.75. The maximum Gasteiger partial charge on any atom is 0.152 e. The predicted molar refractivity (Wildman–Crippen MR) is 69.9 cm³/mol. The number of fused-ring (bicyclic) bond motifs is 1. The van der Waals surface area contributed by atoms with Crippen molar-refractivity contribution in [1.29, 1.82) is 0 Å². The summed E-state index contributed by atoms with van der Waals surface area (Å²) in [6, 6.07) is 8.41. The van der Waals surface area contributed by atoms with E-state index in [1.807, 2.05) is 6.92 Å². The van der Waals surface area contributed by atoms with E-state index >= 15 is 0 Å². The monoisotopic (exact) mass is 231 g/mol. The van der Waals surface area contributed by atoms with Crippen LogP contribution in [0.4, 0.5) is 0 Å². The van der Waals surface area contributed by atoms with E-state index in [1.54, 1.807) is 0 Å². The Balaban J connectivity index is 2.05. The predicted octanol–water partition coefficient (Wildman–Crippen LogP) is 2.71. The highest BCUT2D eigenvalue weighted by Crippen LogP contribution is 2.19. The second-order valence-electron chi connectivity index (χ2n) is 5.00. The molecule has 1 aromatic carbocycles. The van der Waals surface area contributed by atoms with Gasteiger partial charge in [0.25, 0.3) is 0 Å². The van der Waals surface area contributed by atoms with Crippen LogP contribution >= 0.6 is 0 Å². The molecule has 1 aliphatic heterocycles. The van der Waals surface area contributed by atoms with Crippen LogP contribution in [-0.4, -0.2) is 11.8 Å². The van der Waals surface area contributed by atoms with E-state index in [4.69, 9.17) is 0 Å². The summed E-state index contributed by atoms with van der Waals surface area (Å²) in [5.41, 5.74) is 2.66. The van der Waals surface area contributed by atoms with Gasteiger partial charge in [0.15, 0.2) is 5.78 Å². The van der Waals surface area contributed by atoms with Gasteiger partial charge in [-0.25, -0.2) is 0 Å². The van der Waals surface area contributed by atoms with Crippen LogP contribution in [0.15, 0.2) is 24.3 Å². The van der Waals surface area contributed by atoms with Gasteiger partial charge in [-0.15, -0.1) is 0 Å². The average molecular weight is 231 g/mol. The quantitative estimate of drug-likeness (QED) is 0.863. The number of carbonyl (C=O) groups excluding carboxylic acids is 1. The first kappa shape index (κ1) is 12.3. The topological polar surface area (TPSA) is 29.1 Å². The number of hydrogen-bond donors (Lipinski definition) is 1. The lowest BCUT2D eigenvalue weighted by molar-refractivity contribution is -0.124. The van der Waals surface area contributed by atoms with E-state index in [1.165, 1.54) is 11.1 Å². The van der Waals surface area contributed by atoms with E-state index in [0.29, 0.717) is 5.78 Å². The molecule has 1 heterocycles. The molecule has 17 heavy (non-hydrogen) atoms. The first-order chi connectivity index (χ1) is 8.22. The normalized spacial score (nSPS) is 20.7. The molecule has 0 aromatic heterocycles. The van der Waals surface area contributed by atoms with Gasteiger partial charge in [-0.1, -0.05) is 44.5 Å². The highest BCUT2D eigenvalue weighted by molar-refractivity contribution is 5.86. The van der Waals surface area contributed by atoms with E-state index in [-0.39, 0.29) is 12.0 Å². The number of ketones is 1. The molecule has 0 saturated carbocycles. The molecule has 0 bridgehead atoms. The van der Waals surface area contributed by atoms with Gasteiger partial charge in [-0.05, 0) is 24.0 Å². The number of Topliss-reactive ketones (excluding diaryl/α,β-unsaturated/α-hetero) is 1. The second kappa shape index (κ2) is 5.46. The summed E-state index contributed by atoms with van der Waals surface area (Å²) in [7, 11) is 0. The standard InChI is InChI=1S/C15H21NO/c1-3-6-11(2)15(17)14-9-12-7-4-5-8-13(12)10-16-14/h4-5,7-8,11,14,16H,3,6,9-10H2,1-2H3. The second-order valence-corrected chi connectivity index (χ2v) is 5.00. The van der Waals surface area contributed by atoms with E-state index in [0.717, 1.165) is 25.8 Å². The summed E-state index contributed by atoms with van der Waals surface area (Å²) < 4.78 is 0. The first-order valence-electron chi connectivity index (χ1n) is 6.56. The molecule has 1 aromatic rings. The molecule has 2 nitrogen and oxygen atoms in total. The van der Waals surface area contributed by atoms with Gasteiger partial charge in [-0.2, -0.15) is 0 Å². The van der Waals surface area contributed by atoms with Crippen molar-refractivity contribution in [2.45, 2.75) is 45.7 Å². The molecule has 0 amide bonds. The van der Waals surface area contributed by atoms with Crippen LogP contribution in [0.5, 0.6) is 0 Å². The van der Waals surface area contributed by atoms with Crippen LogP contribution in [0, 0.1) is 5.92 Å². The average Bonchev–Trinajstić information content (AvgIpc) is 2.37. The van der Waals surface area contributed by atoms with Gasteiger partial charge in [0.2, 0.25) is 0 Å². The Morgan fingerprint density at radius 3 is 2.82 bits per heavy atom. The van der Waals surface area contributed by atoms with Crippen molar-refractivity contribution in [3.05, 3.63) is 35.4 Å². The highest BCUT2D eigenvalue weighted by atomic mass is 16.1. The van der Waals surface area contributed by atoms with Gasteiger partial charge >= 0.3 is 0 Å². The summed E-state index contributed by atoms with van der Waals surface area (Å²) in [6.45, 7) is 5.01. The molecule has 0 aliphatic carbocycles. The van der Waals surface area contributed by atoms with Crippen molar-refractivity contribution in [1.82, 2.24) is 5.32 Å². The molecule has 1 aliphatic rings. The zero-order valence-electron chi connectivity index (χ0n) is 10.7. The largest absolute Gasteiger partial charge is 0.303 e. The molecule has 0 radical (unpaired) electrons. The van der Waals surface area contributed by atoms with Gasteiger partial charge in [-0.3, -0.25) is 4.79 Å². The molecule has 92 valence electrons. The van der Waals surface area contributed by atoms with Gasteiger partial charge in [0.1, 0.15) is 0 Å². The Morgan fingerprint density at radius 2 is 2.12 bits per heavy atom. The Morgan fingerprint density at radius 1 is 1.41 bits per heavy atom. The fourth-order valence-electron chi connectivity index (χ4n) is 2.57. The van der Waals surface area contributed by atoms with Crippen molar-refractivity contribution in [2.75, 3.05) is 0 Å². The Labute approximate surface area is 103 Å². The van der Waals surface area contributed by atoms with E-state index < -0.39 is 0 Å². The van der Waals surface area contributed by atoms with Gasteiger partial charge < -0.3 is 5.32 Å². The van der Waals surface area contributed by atoms with Crippen LogP contribution in [0.3, 0.4) is 0 Å². The molecule has 2 unspecified atom stereocenters. The number of hydrogen-bond acceptors (Lipinski definition) is 2. The summed E-state index contributed by atoms with van der Waals surface area (Å²) in [5.74, 6) is 0.559. The Kier molecular flexibility index (Phi) is 3.95. The van der Waals surface area contributed by atoms with Crippen LogP contribution in [0.25, 0.3) is 0 Å². The molecule has 2 heteroatoms. The molecule has 0 spiro atoms. The van der Waals surface area contributed by atoms with Crippen molar-refractivity contribution in [2.24, 2.45) is 5.92 Å². The molecular weight excluding hydrogens is 210 g/mol. The third-order valence-corrected chi connectivity index (χ3v) is 3.63. The minimum atomic E-state index is 0.0199. The fourth-order valence-corrected chi connectivity index (χ4v) is 2.57. The van der Waals surface area contributed by atoms with Crippen LogP contribution < -0.4 is 5.32 Å². The van der Waals surface area contributed by atoms with Gasteiger partial charge in [0.05, 0.1) is 6.04 Å². The number of benzene rings is 1. The fraction of sp³-hybridized carbons (Fsp3) is 0.533. The summed E-state index contributed by atoms with van der Waals surface area (Å²) >= 11 is 0. The summed E-state index contributed by atoms with van der Waals surface area (Å²) in [5, 5.41) is 3.36. The van der Waals surface area contributed by atoms with Crippen LogP contribution in [-0.2, 0) is 17.8 Å². The maximum absolute atomic E-state index is 12.2. The zero-order valence-corrected chi connectivity index (χ0v) is 10.7. The van der Waals surface area contributed by atoms with Crippen molar-refractivity contribution >= 4 is 5.78 Å². The molecule has 0 saturated heterocycles. The molecule has 0 fully saturated rings. The van der Waals surface area contributed by atoms with E-state index in [9.17, 15) is 4.79 Å². The molecule has 2 atom stereocenters. The highest BCUT2D eigenvalue weighted by Gasteiger charge is 2.26. The Hall–Kier alpha value is -1.15. The zero-order chi connectivity index (χ0) is 12.3. The van der Waals surface area contributed by atoms with Crippen molar-refractivity contribution in [3.63, 3.8) is 0 Å². The van der Waals surface area contributed by atoms with Crippen LogP contribution in [0.2, 0.25) is 0 Å². The number of carbonyl (C=O) groups is 1. The minimum absolute atomic E-state index is 0.0199. The maximum atomic E-state index is 12.2. The third-order valence-electron chi connectivity index (χ3n) is 3.63. The SMILES string of the molecule is CCCC(C)C(=O)C1Cc2ccccc2CN1. The lowest BCUT2D eigenvalue weighted by Gasteiger charge is -2.27. The smallest absolute Gasteiger partial charge is 0.152 e. The minimum Gasteiger partial charge on any atom is -0.303 e. The summed E-state index contributed by atoms with van der Waals surface area (Å²) in [6.07, 6.45) is 2.93. The molecular formula is C15H21NO. The number of rotatable bonds is 4.